The number of hydrogen-bond donors (Lipinski definition) is 0. The van der Waals surface area contributed by atoms with E-state index in [1.807, 2.05) is 13.0 Å². The Morgan fingerprint density at radius 2 is 2.30 bits per heavy atom. The zero-order valence-electron chi connectivity index (χ0n) is 5.90. The molecular weight excluding hydrogens is 195 g/mol. The molecule has 0 aliphatic rings. The summed E-state index contributed by atoms with van der Waals surface area (Å²) in [4.78, 5) is 0. The van der Waals surface area contributed by atoms with Gasteiger partial charge in [0, 0.05) is 4.48 Å². The highest BCUT2D eigenvalue weighted by atomic mass is 79.9. The van der Waals surface area contributed by atoms with Crippen LogP contribution in [-0.4, -0.2) is 6.67 Å². The summed E-state index contributed by atoms with van der Waals surface area (Å²) in [6.07, 6.45) is 4.98. The summed E-state index contributed by atoms with van der Waals surface area (Å²) >= 11 is 3.23. The Kier molecular flexibility index (Phi) is 5.22. The van der Waals surface area contributed by atoms with Gasteiger partial charge in [-0.3, -0.25) is 0 Å². The van der Waals surface area contributed by atoms with Crippen LogP contribution in [0.15, 0.2) is 34.9 Å². The smallest absolute Gasteiger partial charge is 0.108 e. The molecule has 0 aromatic carbocycles. The number of alkyl halides is 1. The molecule has 2 heteroatoms. The summed E-state index contributed by atoms with van der Waals surface area (Å²) in [6.45, 7) is 4.96. The second-order valence-electron chi connectivity index (χ2n) is 1.84. The number of halogens is 2. The molecule has 0 aliphatic carbocycles. The Hall–Kier alpha value is -0.370. The van der Waals surface area contributed by atoms with Crippen molar-refractivity contribution in [2.75, 3.05) is 6.67 Å². The molecule has 0 aromatic heterocycles. The zero-order chi connectivity index (χ0) is 7.98. The van der Waals surface area contributed by atoms with Gasteiger partial charge in [0.25, 0.3) is 0 Å². The SMILES string of the molecule is C=CC(Br)=CC(C)=CCF. The Morgan fingerprint density at radius 1 is 1.70 bits per heavy atom. The van der Waals surface area contributed by atoms with E-state index in [1.165, 1.54) is 6.08 Å². The molecular formula is C8H10BrF. The van der Waals surface area contributed by atoms with E-state index in [0.29, 0.717) is 0 Å². The van der Waals surface area contributed by atoms with Crippen molar-refractivity contribution in [2.45, 2.75) is 6.92 Å². The predicted octanol–water partition coefficient (Wildman–Crippen LogP) is 3.37. The van der Waals surface area contributed by atoms with Crippen LogP contribution in [0, 0.1) is 0 Å². The summed E-state index contributed by atoms with van der Waals surface area (Å²) < 4.78 is 12.5. The van der Waals surface area contributed by atoms with Crippen molar-refractivity contribution in [1.82, 2.24) is 0 Å². The third-order valence-corrected chi connectivity index (χ3v) is 1.51. The first kappa shape index (κ1) is 9.63. The van der Waals surface area contributed by atoms with Gasteiger partial charge in [0.05, 0.1) is 0 Å². The molecule has 0 aromatic rings. The van der Waals surface area contributed by atoms with Crippen LogP contribution < -0.4 is 0 Å². The van der Waals surface area contributed by atoms with E-state index in [4.69, 9.17) is 0 Å². The van der Waals surface area contributed by atoms with E-state index < -0.39 is 6.67 Å². The highest BCUT2D eigenvalue weighted by Crippen LogP contribution is 2.09. The minimum atomic E-state index is -0.417. The molecule has 0 heterocycles. The third kappa shape index (κ3) is 4.50. The van der Waals surface area contributed by atoms with E-state index in [2.05, 4.69) is 22.5 Å². The van der Waals surface area contributed by atoms with Gasteiger partial charge in [-0.05, 0) is 13.0 Å². The third-order valence-electron chi connectivity index (χ3n) is 0.960. The molecule has 0 rings (SSSR count). The van der Waals surface area contributed by atoms with Crippen molar-refractivity contribution in [3.63, 3.8) is 0 Å². The van der Waals surface area contributed by atoms with Gasteiger partial charge in [-0.15, -0.1) is 0 Å². The average molecular weight is 205 g/mol. The molecule has 0 bridgehead atoms. The second kappa shape index (κ2) is 5.42. The van der Waals surface area contributed by atoms with Gasteiger partial charge in [0.1, 0.15) is 6.67 Å². The van der Waals surface area contributed by atoms with Crippen molar-refractivity contribution in [2.24, 2.45) is 0 Å². The Morgan fingerprint density at radius 3 is 2.70 bits per heavy atom. The van der Waals surface area contributed by atoms with Gasteiger partial charge in [-0.25, -0.2) is 4.39 Å². The molecule has 0 radical (unpaired) electrons. The van der Waals surface area contributed by atoms with Gasteiger partial charge in [-0.1, -0.05) is 40.2 Å². The minimum Gasteiger partial charge on any atom is -0.247 e. The largest absolute Gasteiger partial charge is 0.247 e. The monoisotopic (exact) mass is 204 g/mol. The van der Waals surface area contributed by atoms with Gasteiger partial charge < -0.3 is 0 Å². The molecule has 0 N–H and O–H groups in total. The fourth-order valence-electron chi connectivity index (χ4n) is 0.457. The van der Waals surface area contributed by atoms with E-state index in [-0.39, 0.29) is 0 Å². The topological polar surface area (TPSA) is 0 Å². The number of allylic oxidation sites excluding steroid dienone is 5. The first-order valence-corrected chi connectivity index (χ1v) is 3.72. The zero-order valence-corrected chi connectivity index (χ0v) is 7.49. The van der Waals surface area contributed by atoms with Crippen LogP contribution in [0.1, 0.15) is 6.92 Å². The van der Waals surface area contributed by atoms with Crippen molar-refractivity contribution in [3.8, 4) is 0 Å². The standard InChI is InChI=1S/C8H10BrF/c1-3-8(9)6-7(2)4-5-10/h3-4,6H,1,5H2,2H3. The van der Waals surface area contributed by atoms with Crippen LogP contribution in [-0.2, 0) is 0 Å². The highest BCUT2D eigenvalue weighted by Gasteiger charge is 1.84. The van der Waals surface area contributed by atoms with Crippen LogP contribution in [0.2, 0.25) is 0 Å². The maximum absolute atomic E-state index is 11.7. The molecule has 0 spiro atoms. The fraction of sp³-hybridized carbons (Fsp3) is 0.250. The summed E-state index contributed by atoms with van der Waals surface area (Å²) in [7, 11) is 0. The van der Waals surface area contributed by atoms with Crippen molar-refractivity contribution < 1.29 is 4.39 Å². The van der Waals surface area contributed by atoms with Gasteiger partial charge >= 0.3 is 0 Å². The van der Waals surface area contributed by atoms with Crippen LogP contribution in [0.3, 0.4) is 0 Å². The molecule has 0 saturated heterocycles. The lowest BCUT2D eigenvalue weighted by Crippen LogP contribution is -1.71. The second-order valence-corrected chi connectivity index (χ2v) is 2.75. The lowest BCUT2D eigenvalue weighted by Gasteiger charge is -1.89. The molecule has 0 saturated carbocycles. The Labute approximate surface area is 69.3 Å². The molecule has 10 heavy (non-hydrogen) atoms. The first-order chi connectivity index (χ1) is 4.70. The summed E-state index contributed by atoms with van der Waals surface area (Å²) in [5.74, 6) is 0. The van der Waals surface area contributed by atoms with E-state index in [9.17, 15) is 4.39 Å². The fourth-order valence-corrected chi connectivity index (χ4v) is 0.818. The first-order valence-electron chi connectivity index (χ1n) is 2.93. The molecule has 0 fully saturated rings. The summed E-state index contributed by atoms with van der Waals surface area (Å²) in [6, 6.07) is 0. The van der Waals surface area contributed by atoms with Gasteiger partial charge in [-0.2, -0.15) is 0 Å². The quantitative estimate of drug-likeness (QED) is 0.619. The lowest BCUT2D eigenvalue weighted by molar-refractivity contribution is 0.560. The normalized spacial score (nSPS) is 13.5. The molecule has 0 amide bonds. The highest BCUT2D eigenvalue weighted by molar-refractivity contribution is 9.11. The summed E-state index contributed by atoms with van der Waals surface area (Å²) in [5, 5.41) is 0. The maximum atomic E-state index is 11.7. The maximum Gasteiger partial charge on any atom is 0.108 e. The van der Waals surface area contributed by atoms with E-state index in [0.717, 1.165) is 10.1 Å². The Bertz CT molecular complexity index is 168. The predicted molar refractivity (Wildman–Crippen MR) is 46.9 cm³/mol. The molecule has 0 nitrogen and oxygen atoms in total. The van der Waals surface area contributed by atoms with Crippen molar-refractivity contribution in [1.29, 1.82) is 0 Å². The average Bonchev–Trinajstić information content (AvgIpc) is 1.88. The van der Waals surface area contributed by atoms with E-state index in [1.54, 1.807) is 6.08 Å². The molecule has 0 unspecified atom stereocenters. The minimum absolute atomic E-state index is 0.417. The Balaban J connectivity index is 4.11. The van der Waals surface area contributed by atoms with Crippen LogP contribution in [0.4, 0.5) is 4.39 Å². The summed E-state index contributed by atoms with van der Waals surface area (Å²) in [5.41, 5.74) is 0.897. The van der Waals surface area contributed by atoms with Gasteiger partial charge in [0.15, 0.2) is 0 Å². The van der Waals surface area contributed by atoms with Crippen LogP contribution in [0.5, 0.6) is 0 Å². The molecule has 0 aliphatic heterocycles. The number of rotatable bonds is 3. The molecule has 0 atom stereocenters. The number of hydrogen-bond acceptors (Lipinski definition) is 0. The van der Waals surface area contributed by atoms with Crippen molar-refractivity contribution in [3.05, 3.63) is 34.9 Å². The van der Waals surface area contributed by atoms with Gasteiger partial charge in [0.2, 0.25) is 0 Å². The van der Waals surface area contributed by atoms with Crippen LogP contribution in [0.25, 0.3) is 0 Å². The van der Waals surface area contributed by atoms with Crippen LogP contribution >= 0.6 is 15.9 Å². The molecule has 56 valence electrons. The lowest BCUT2D eigenvalue weighted by atomic mass is 10.2. The van der Waals surface area contributed by atoms with E-state index >= 15 is 0 Å². The van der Waals surface area contributed by atoms with Crippen molar-refractivity contribution >= 4 is 15.9 Å².